The van der Waals surface area contributed by atoms with Crippen molar-refractivity contribution in [3.63, 3.8) is 0 Å². The van der Waals surface area contributed by atoms with Crippen LogP contribution in [0.5, 0.6) is 0 Å². The average molecular weight is 506 g/mol. The molecular weight excluding hydrogens is 475 g/mol. The molecule has 0 spiro atoms. The third-order valence-corrected chi connectivity index (χ3v) is 8.17. The Morgan fingerprint density at radius 1 is 1.09 bits per heavy atom. The van der Waals surface area contributed by atoms with Gasteiger partial charge in [0.05, 0.1) is 5.56 Å². The Kier molecular flexibility index (Phi) is 6.80. The Morgan fingerprint density at radius 3 is 2.69 bits per heavy atom. The summed E-state index contributed by atoms with van der Waals surface area (Å²) in [7, 11) is 3.84. The second kappa shape index (κ2) is 9.85. The van der Waals surface area contributed by atoms with E-state index < -0.39 is 11.7 Å². The molecule has 3 aromatic rings. The number of benzene rings is 1. The van der Waals surface area contributed by atoms with Crippen LogP contribution < -0.4 is 4.90 Å². The summed E-state index contributed by atoms with van der Waals surface area (Å²) in [5, 5.41) is 13.7. The van der Waals surface area contributed by atoms with E-state index in [1.54, 1.807) is 34.8 Å². The lowest BCUT2D eigenvalue weighted by Crippen LogP contribution is -2.56. The zero-order chi connectivity index (χ0) is 24.6. The van der Waals surface area contributed by atoms with Crippen molar-refractivity contribution in [2.24, 2.45) is 20.0 Å². The molecule has 0 unspecified atom stereocenters. The number of anilines is 1. The normalized spacial score (nSPS) is 21.0. The fraction of sp³-hybridized carbons (Fsp3) is 0.542. The Balaban J connectivity index is 1.17. The summed E-state index contributed by atoms with van der Waals surface area (Å²) in [5.74, 6) is 2.25. The SMILES string of the molecule is Cn1nccc1-c1nnc(SCCCN2C[C@@H]3CCN(c4ccccc4C(F)(F)F)[C@H](C3)C2)n1C. The lowest BCUT2D eigenvalue weighted by molar-refractivity contribution is -0.137. The molecule has 2 saturated heterocycles. The molecule has 2 bridgehead atoms. The topological polar surface area (TPSA) is 55.0 Å². The van der Waals surface area contributed by atoms with Crippen molar-refractivity contribution < 1.29 is 13.2 Å². The monoisotopic (exact) mass is 505 g/mol. The smallest absolute Gasteiger partial charge is 0.367 e. The van der Waals surface area contributed by atoms with E-state index in [0.29, 0.717) is 18.2 Å². The number of halogens is 3. The highest BCUT2D eigenvalue weighted by Gasteiger charge is 2.40. The largest absolute Gasteiger partial charge is 0.418 e. The number of fused-ring (bicyclic) bond motifs is 2. The standard InChI is InChI=1S/C24H30F3N7S/c1-31-22(21-8-10-28-32(21)2)29-30-23(31)35-13-5-11-33-15-17-9-12-34(18(14-17)16-33)20-7-4-3-6-19(20)24(25,26)27/h3-4,6-8,10,17-18H,5,9,11-16H2,1-2H3/t17-,18-/m1/s1. The van der Waals surface area contributed by atoms with Crippen LogP contribution in [0.2, 0.25) is 0 Å². The lowest BCUT2D eigenvalue weighted by atomic mass is 9.85. The van der Waals surface area contributed by atoms with Crippen molar-refractivity contribution in [3.05, 3.63) is 42.1 Å². The number of rotatable bonds is 7. The average Bonchev–Trinajstić information content (AvgIpc) is 3.41. The van der Waals surface area contributed by atoms with Crippen LogP contribution in [0.25, 0.3) is 11.5 Å². The molecular formula is C24H30F3N7S. The zero-order valence-electron chi connectivity index (χ0n) is 19.9. The molecule has 4 heterocycles. The lowest BCUT2D eigenvalue weighted by Gasteiger charge is -2.49. The number of aryl methyl sites for hydroxylation is 1. The number of aromatic nitrogens is 5. The Labute approximate surface area is 207 Å². The van der Waals surface area contributed by atoms with Crippen LogP contribution in [0.3, 0.4) is 0 Å². The van der Waals surface area contributed by atoms with Crippen LogP contribution in [-0.2, 0) is 20.3 Å². The first kappa shape index (κ1) is 24.2. The molecule has 0 aliphatic carbocycles. The highest BCUT2D eigenvalue weighted by Crippen LogP contribution is 2.40. The fourth-order valence-corrected chi connectivity index (χ4v) is 6.22. The second-order valence-electron chi connectivity index (χ2n) is 9.42. The van der Waals surface area contributed by atoms with E-state index in [1.807, 2.05) is 29.6 Å². The number of thioether (sulfide) groups is 1. The van der Waals surface area contributed by atoms with Gasteiger partial charge in [-0.3, -0.25) is 4.68 Å². The summed E-state index contributed by atoms with van der Waals surface area (Å²) >= 11 is 1.68. The van der Waals surface area contributed by atoms with E-state index >= 15 is 0 Å². The Morgan fingerprint density at radius 2 is 1.91 bits per heavy atom. The van der Waals surface area contributed by atoms with Gasteiger partial charge >= 0.3 is 6.18 Å². The van der Waals surface area contributed by atoms with Crippen LogP contribution in [-0.4, -0.2) is 67.4 Å². The minimum atomic E-state index is -4.34. The summed E-state index contributed by atoms with van der Waals surface area (Å²) in [4.78, 5) is 4.43. The Hall–Kier alpha value is -2.53. The maximum Gasteiger partial charge on any atom is 0.418 e. The van der Waals surface area contributed by atoms with Crippen LogP contribution in [0.4, 0.5) is 18.9 Å². The van der Waals surface area contributed by atoms with Gasteiger partial charge in [0, 0.05) is 57.4 Å². The molecule has 188 valence electrons. The first-order valence-corrected chi connectivity index (χ1v) is 13.0. The molecule has 0 amide bonds. The molecule has 2 aromatic heterocycles. The van der Waals surface area contributed by atoms with E-state index in [-0.39, 0.29) is 6.04 Å². The summed E-state index contributed by atoms with van der Waals surface area (Å²) in [5.41, 5.74) is 0.719. The van der Waals surface area contributed by atoms with Crippen LogP contribution in [0.1, 0.15) is 24.8 Å². The van der Waals surface area contributed by atoms with Crippen molar-refractivity contribution in [1.29, 1.82) is 0 Å². The fourth-order valence-electron chi connectivity index (χ4n) is 5.38. The van der Waals surface area contributed by atoms with Gasteiger partial charge in [0.2, 0.25) is 0 Å². The minimum absolute atomic E-state index is 0.124. The van der Waals surface area contributed by atoms with Crippen LogP contribution >= 0.6 is 11.8 Å². The molecule has 2 atom stereocenters. The van der Waals surface area contributed by atoms with Crippen molar-refractivity contribution in [3.8, 4) is 11.5 Å². The van der Waals surface area contributed by atoms with Gasteiger partial charge in [-0.1, -0.05) is 23.9 Å². The predicted molar refractivity (Wildman–Crippen MR) is 130 cm³/mol. The van der Waals surface area contributed by atoms with Crippen LogP contribution in [0, 0.1) is 5.92 Å². The van der Waals surface area contributed by atoms with Gasteiger partial charge in [-0.05, 0) is 49.9 Å². The first-order valence-electron chi connectivity index (χ1n) is 12.0. The zero-order valence-corrected chi connectivity index (χ0v) is 20.8. The number of piperidine rings is 2. The molecule has 5 rings (SSSR count). The number of nitrogens with zero attached hydrogens (tertiary/aromatic N) is 7. The number of para-hydroxylation sites is 1. The summed E-state index contributed by atoms with van der Waals surface area (Å²) in [6.07, 6.45) is 0.289. The van der Waals surface area contributed by atoms with Gasteiger partial charge in [0.1, 0.15) is 5.69 Å². The molecule has 0 saturated carbocycles. The maximum atomic E-state index is 13.6. The summed E-state index contributed by atoms with van der Waals surface area (Å²) < 4.78 is 44.6. The summed E-state index contributed by atoms with van der Waals surface area (Å²) in [6, 6.07) is 8.05. The van der Waals surface area contributed by atoms with Crippen molar-refractivity contribution in [1.82, 2.24) is 29.4 Å². The molecule has 7 nitrogen and oxygen atoms in total. The van der Waals surface area contributed by atoms with Gasteiger partial charge in [-0.15, -0.1) is 10.2 Å². The van der Waals surface area contributed by atoms with Gasteiger partial charge in [-0.2, -0.15) is 18.3 Å². The van der Waals surface area contributed by atoms with Gasteiger partial charge in [0.15, 0.2) is 11.0 Å². The Bertz CT molecular complexity index is 1160. The molecule has 2 fully saturated rings. The predicted octanol–water partition coefficient (Wildman–Crippen LogP) is 4.32. The number of hydrogen-bond donors (Lipinski definition) is 0. The van der Waals surface area contributed by atoms with E-state index in [9.17, 15) is 13.2 Å². The minimum Gasteiger partial charge on any atom is -0.367 e. The molecule has 0 N–H and O–H groups in total. The van der Waals surface area contributed by atoms with Gasteiger partial charge in [0.25, 0.3) is 0 Å². The van der Waals surface area contributed by atoms with Crippen LogP contribution in [0.15, 0.2) is 41.7 Å². The second-order valence-corrected chi connectivity index (χ2v) is 10.5. The molecule has 0 radical (unpaired) electrons. The van der Waals surface area contributed by atoms with E-state index in [4.69, 9.17) is 0 Å². The molecule has 2 aliphatic heterocycles. The summed E-state index contributed by atoms with van der Waals surface area (Å²) in [6.45, 7) is 3.46. The third kappa shape index (κ3) is 5.06. The van der Waals surface area contributed by atoms with Gasteiger partial charge < -0.3 is 14.4 Å². The van der Waals surface area contributed by atoms with Crippen molar-refractivity contribution in [2.45, 2.75) is 36.6 Å². The van der Waals surface area contributed by atoms with E-state index in [2.05, 4.69) is 20.2 Å². The molecule has 35 heavy (non-hydrogen) atoms. The molecule has 2 aliphatic rings. The number of hydrogen-bond acceptors (Lipinski definition) is 6. The molecule has 11 heteroatoms. The van der Waals surface area contributed by atoms with Crippen molar-refractivity contribution in [2.75, 3.05) is 36.8 Å². The van der Waals surface area contributed by atoms with E-state index in [1.165, 1.54) is 12.1 Å². The van der Waals surface area contributed by atoms with E-state index in [0.717, 1.165) is 61.3 Å². The molecule has 1 aromatic carbocycles. The highest BCUT2D eigenvalue weighted by atomic mass is 32.2. The van der Waals surface area contributed by atoms with Gasteiger partial charge in [-0.25, -0.2) is 0 Å². The quantitative estimate of drug-likeness (QED) is 0.352. The third-order valence-electron chi connectivity index (χ3n) is 7.06. The first-order chi connectivity index (χ1) is 16.8. The van der Waals surface area contributed by atoms with Crippen molar-refractivity contribution >= 4 is 17.4 Å². The number of alkyl halides is 3. The maximum absolute atomic E-state index is 13.6. The highest BCUT2D eigenvalue weighted by molar-refractivity contribution is 7.99. The number of likely N-dealkylation sites (tertiary alicyclic amines) is 1.